The second-order valence-corrected chi connectivity index (χ2v) is 7.52. The standard InChI is InChI=1S/C16H30O2/c1-15(2)9-5-10-16(3)12(6-4-11-17)13(18)7-8-14(15)16/h12-14,17-18H,4-11H2,1-3H3/t12?,13-,14-,16+/m0/s1. The lowest BCUT2D eigenvalue weighted by atomic mass is 9.47. The average Bonchev–Trinajstić information content (AvgIpc) is 2.27. The lowest BCUT2D eigenvalue weighted by Crippen LogP contribution is -2.53. The summed E-state index contributed by atoms with van der Waals surface area (Å²) in [5.41, 5.74) is 0.708. The van der Waals surface area contributed by atoms with Crippen LogP contribution in [0.5, 0.6) is 0 Å². The molecule has 0 aromatic heterocycles. The van der Waals surface area contributed by atoms with Crippen LogP contribution in [-0.4, -0.2) is 22.9 Å². The highest BCUT2D eigenvalue weighted by molar-refractivity contribution is 5.03. The molecule has 4 atom stereocenters. The van der Waals surface area contributed by atoms with E-state index in [-0.39, 0.29) is 18.1 Å². The molecule has 0 spiro atoms. The Morgan fingerprint density at radius 1 is 1.11 bits per heavy atom. The van der Waals surface area contributed by atoms with Gasteiger partial charge in [-0.05, 0) is 61.2 Å². The minimum absolute atomic E-state index is 0.147. The Morgan fingerprint density at radius 2 is 1.83 bits per heavy atom. The smallest absolute Gasteiger partial charge is 0.0573 e. The molecule has 0 heterocycles. The minimum atomic E-state index is -0.147. The van der Waals surface area contributed by atoms with Crippen molar-refractivity contribution < 1.29 is 10.2 Å². The maximum absolute atomic E-state index is 10.4. The molecule has 2 nitrogen and oxygen atoms in total. The normalized spacial score (nSPS) is 43.5. The molecule has 18 heavy (non-hydrogen) atoms. The van der Waals surface area contributed by atoms with Crippen molar-refractivity contribution in [2.75, 3.05) is 6.61 Å². The van der Waals surface area contributed by atoms with Crippen molar-refractivity contribution in [3.8, 4) is 0 Å². The molecule has 1 unspecified atom stereocenters. The van der Waals surface area contributed by atoms with E-state index in [1.807, 2.05) is 0 Å². The predicted octanol–water partition coefficient (Wildman–Crippen LogP) is 3.36. The Hall–Kier alpha value is -0.0800. The van der Waals surface area contributed by atoms with Crippen LogP contribution in [0.4, 0.5) is 0 Å². The molecule has 0 aromatic carbocycles. The van der Waals surface area contributed by atoms with Crippen LogP contribution >= 0.6 is 0 Å². The third kappa shape index (κ3) is 2.34. The van der Waals surface area contributed by atoms with E-state index in [1.54, 1.807) is 0 Å². The third-order valence-electron chi connectivity index (χ3n) is 6.01. The SMILES string of the molecule is CC1(C)CCC[C@]2(C)C(CCCO)[C@@H](O)CC[C@@H]12. The van der Waals surface area contributed by atoms with Crippen LogP contribution in [0.3, 0.4) is 0 Å². The molecule has 2 rings (SSSR count). The van der Waals surface area contributed by atoms with Gasteiger partial charge in [-0.3, -0.25) is 0 Å². The molecule has 106 valence electrons. The predicted molar refractivity (Wildman–Crippen MR) is 74.3 cm³/mol. The van der Waals surface area contributed by atoms with E-state index in [0.717, 1.165) is 25.2 Å². The third-order valence-corrected chi connectivity index (χ3v) is 6.01. The van der Waals surface area contributed by atoms with Gasteiger partial charge in [0.1, 0.15) is 0 Å². The van der Waals surface area contributed by atoms with Crippen LogP contribution in [-0.2, 0) is 0 Å². The lowest BCUT2D eigenvalue weighted by molar-refractivity contribution is -0.126. The zero-order valence-corrected chi connectivity index (χ0v) is 12.3. The van der Waals surface area contributed by atoms with E-state index in [9.17, 15) is 5.11 Å². The summed E-state index contributed by atoms with van der Waals surface area (Å²) >= 11 is 0. The molecule has 0 aliphatic heterocycles. The molecule has 0 bridgehead atoms. The minimum Gasteiger partial charge on any atom is -0.396 e. The zero-order chi connectivity index (χ0) is 13.4. The first-order valence-electron chi connectivity index (χ1n) is 7.71. The first kappa shape index (κ1) is 14.3. The van der Waals surface area contributed by atoms with Crippen molar-refractivity contribution in [3.63, 3.8) is 0 Å². The molecule has 2 N–H and O–H groups in total. The van der Waals surface area contributed by atoms with Crippen molar-refractivity contribution in [1.29, 1.82) is 0 Å². The second-order valence-electron chi connectivity index (χ2n) is 7.52. The van der Waals surface area contributed by atoms with Crippen molar-refractivity contribution in [3.05, 3.63) is 0 Å². The molecule has 2 aliphatic carbocycles. The van der Waals surface area contributed by atoms with Crippen LogP contribution in [0.2, 0.25) is 0 Å². The summed E-state index contributed by atoms with van der Waals surface area (Å²) in [5, 5.41) is 19.5. The quantitative estimate of drug-likeness (QED) is 0.810. The molecule has 0 saturated heterocycles. The van der Waals surface area contributed by atoms with Gasteiger partial charge in [-0.15, -0.1) is 0 Å². The lowest BCUT2D eigenvalue weighted by Gasteiger charge is -2.58. The van der Waals surface area contributed by atoms with Crippen molar-refractivity contribution in [2.24, 2.45) is 22.7 Å². The van der Waals surface area contributed by atoms with Gasteiger partial charge < -0.3 is 10.2 Å². The number of rotatable bonds is 3. The average molecular weight is 254 g/mol. The van der Waals surface area contributed by atoms with Gasteiger partial charge in [0.15, 0.2) is 0 Å². The van der Waals surface area contributed by atoms with Crippen LogP contribution in [0.1, 0.15) is 65.7 Å². The van der Waals surface area contributed by atoms with Gasteiger partial charge in [-0.2, -0.15) is 0 Å². The Bertz CT molecular complexity index is 287. The fraction of sp³-hybridized carbons (Fsp3) is 1.00. The number of fused-ring (bicyclic) bond motifs is 1. The maximum atomic E-state index is 10.4. The number of aliphatic hydroxyl groups is 2. The van der Waals surface area contributed by atoms with Crippen molar-refractivity contribution >= 4 is 0 Å². The highest BCUT2D eigenvalue weighted by Gasteiger charge is 2.53. The molecule has 0 aromatic rings. The topological polar surface area (TPSA) is 40.5 Å². The fourth-order valence-electron chi connectivity index (χ4n) is 5.14. The molecule has 0 radical (unpaired) electrons. The van der Waals surface area contributed by atoms with Crippen molar-refractivity contribution in [1.82, 2.24) is 0 Å². The van der Waals surface area contributed by atoms with Crippen LogP contribution in [0.25, 0.3) is 0 Å². The van der Waals surface area contributed by atoms with Gasteiger partial charge in [0, 0.05) is 6.61 Å². The highest BCUT2D eigenvalue weighted by Crippen LogP contribution is 2.60. The van der Waals surface area contributed by atoms with E-state index in [0.29, 0.717) is 11.3 Å². The summed E-state index contributed by atoms with van der Waals surface area (Å²) in [6.07, 6.45) is 7.70. The van der Waals surface area contributed by atoms with Gasteiger partial charge in [0.2, 0.25) is 0 Å². The van der Waals surface area contributed by atoms with E-state index < -0.39 is 0 Å². The van der Waals surface area contributed by atoms with E-state index in [2.05, 4.69) is 20.8 Å². The molecule has 0 amide bonds. The molecule has 2 aliphatic rings. The van der Waals surface area contributed by atoms with Crippen molar-refractivity contribution in [2.45, 2.75) is 71.8 Å². The van der Waals surface area contributed by atoms with Gasteiger partial charge in [0.05, 0.1) is 6.10 Å². The first-order valence-corrected chi connectivity index (χ1v) is 7.71. The molecule has 2 heteroatoms. The number of aliphatic hydroxyl groups excluding tert-OH is 2. The number of hydrogen-bond acceptors (Lipinski definition) is 2. The largest absolute Gasteiger partial charge is 0.396 e. The summed E-state index contributed by atoms with van der Waals surface area (Å²) in [6.45, 7) is 7.49. The fourth-order valence-corrected chi connectivity index (χ4v) is 5.14. The number of hydrogen-bond donors (Lipinski definition) is 2. The van der Waals surface area contributed by atoms with Crippen LogP contribution < -0.4 is 0 Å². The second kappa shape index (κ2) is 5.13. The van der Waals surface area contributed by atoms with Gasteiger partial charge >= 0.3 is 0 Å². The van der Waals surface area contributed by atoms with E-state index in [4.69, 9.17) is 5.11 Å². The summed E-state index contributed by atoms with van der Waals surface area (Å²) in [6, 6.07) is 0. The summed E-state index contributed by atoms with van der Waals surface area (Å²) in [4.78, 5) is 0. The highest BCUT2D eigenvalue weighted by atomic mass is 16.3. The molecular weight excluding hydrogens is 224 g/mol. The van der Waals surface area contributed by atoms with Crippen LogP contribution in [0, 0.1) is 22.7 Å². The summed E-state index contributed by atoms with van der Waals surface area (Å²) in [5.74, 6) is 1.13. The Balaban J connectivity index is 2.22. The Kier molecular flexibility index (Phi) is 4.08. The molecular formula is C16H30O2. The maximum Gasteiger partial charge on any atom is 0.0573 e. The Morgan fingerprint density at radius 3 is 2.50 bits per heavy atom. The zero-order valence-electron chi connectivity index (χ0n) is 12.3. The van der Waals surface area contributed by atoms with E-state index in [1.165, 1.54) is 25.7 Å². The Labute approximate surface area is 112 Å². The van der Waals surface area contributed by atoms with Crippen LogP contribution in [0.15, 0.2) is 0 Å². The molecule has 2 saturated carbocycles. The first-order chi connectivity index (χ1) is 8.42. The van der Waals surface area contributed by atoms with Gasteiger partial charge in [-0.25, -0.2) is 0 Å². The van der Waals surface area contributed by atoms with Gasteiger partial charge in [0.25, 0.3) is 0 Å². The summed E-state index contributed by atoms with van der Waals surface area (Å²) in [7, 11) is 0. The molecule has 2 fully saturated rings. The summed E-state index contributed by atoms with van der Waals surface area (Å²) < 4.78 is 0. The van der Waals surface area contributed by atoms with E-state index >= 15 is 0 Å². The monoisotopic (exact) mass is 254 g/mol. The van der Waals surface area contributed by atoms with Gasteiger partial charge in [-0.1, -0.05) is 27.2 Å².